The number of fused-ring (bicyclic) bond motifs is 1. The van der Waals surface area contributed by atoms with E-state index in [0.717, 1.165) is 31.4 Å². The van der Waals surface area contributed by atoms with Crippen molar-refractivity contribution in [1.82, 2.24) is 15.1 Å². The normalized spacial score (nSPS) is 24.1. The Morgan fingerprint density at radius 2 is 2.19 bits per heavy atom. The topological polar surface area (TPSA) is 31.7 Å². The predicted octanol–water partition coefficient (Wildman–Crippen LogP) is 2.45. The third-order valence-electron chi connectivity index (χ3n) is 4.83. The Morgan fingerprint density at radius 3 is 3.10 bits per heavy atom. The molecule has 4 nitrogen and oxygen atoms in total. The molecule has 1 unspecified atom stereocenters. The van der Waals surface area contributed by atoms with E-state index in [4.69, 9.17) is 4.42 Å². The van der Waals surface area contributed by atoms with Crippen molar-refractivity contribution in [2.24, 2.45) is 0 Å². The second-order valence-electron chi connectivity index (χ2n) is 6.47. The van der Waals surface area contributed by atoms with E-state index in [1.54, 1.807) is 0 Å². The van der Waals surface area contributed by atoms with Crippen LogP contribution >= 0.6 is 0 Å². The highest BCUT2D eigenvalue weighted by atomic mass is 16.3. The molecule has 2 aliphatic rings. The Bertz CT molecular complexity index is 431. The SMILES string of the molecule is CCCNCc1occc1CN1CCCN2CCCC2C1. The summed E-state index contributed by atoms with van der Waals surface area (Å²) < 4.78 is 5.67. The van der Waals surface area contributed by atoms with Gasteiger partial charge in [-0.3, -0.25) is 9.80 Å². The maximum Gasteiger partial charge on any atom is 0.122 e. The van der Waals surface area contributed by atoms with E-state index < -0.39 is 0 Å². The van der Waals surface area contributed by atoms with E-state index in [1.165, 1.54) is 57.4 Å². The van der Waals surface area contributed by atoms with Crippen molar-refractivity contribution in [1.29, 1.82) is 0 Å². The van der Waals surface area contributed by atoms with Gasteiger partial charge < -0.3 is 9.73 Å². The molecular formula is C17H29N3O. The molecule has 3 heterocycles. The Balaban J connectivity index is 1.57. The fourth-order valence-electron chi connectivity index (χ4n) is 3.71. The average molecular weight is 291 g/mol. The molecule has 0 amide bonds. The van der Waals surface area contributed by atoms with Crippen LogP contribution in [0.2, 0.25) is 0 Å². The highest BCUT2D eigenvalue weighted by molar-refractivity contribution is 5.17. The molecule has 1 aromatic rings. The fourth-order valence-corrected chi connectivity index (χ4v) is 3.71. The van der Waals surface area contributed by atoms with Crippen molar-refractivity contribution < 1.29 is 4.42 Å². The number of hydrogen-bond acceptors (Lipinski definition) is 4. The zero-order valence-electron chi connectivity index (χ0n) is 13.3. The van der Waals surface area contributed by atoms with Crippen molar-refractivity contribution in [2.75, 3.05) is 32.7 Å². The molecule has 0 aromatic carbocycles. The van der Waals surface area contributed by atoms with Crippen molar-refractivity contribution in [3.63, 3.8) is 0 Å². The minimum absolute atomic E-state index is 0.793. The molecule has 0 saturated carbocycles. The van der Waals surface area contributed by atoms with Crippen LogP contribution in [0.5, 0.6) is 0 Å². The summed E-state index contributed by atoms with van der Waals surface area (Å²) in [7, 11) is 0. The fraction of sp³-hybridized carbons (Fsp3) is 0.765. The van der Waals surface area contributed by atoms with Crippen LogP contribution in [0.15, 0.2) is 16.7 Å². The lowest BCUT2D eigenvalue weighted by atomic mass is 10.2. The van der Waals surface area contributed by atoms with E-state index in [2.05, 4.69) is 28.1 Å². The number of furan rings is 1. The zero-order valence-corrected chi connectivity index (χ0v) is 13.3. The molecule has 3 rings (SSSR count). The Kier molecular flexibility index (Phi) is 5.33. The minimum atomic E-state index is 0.793. The quantitative estimate of drug-likeness (QED) is 0.816. The minimum Gasteiger partial charge on any atom is -0.468 e. The first-order valence-corrected chi connectivity index (χ1v) is 8.59. The first-order chi connectivity index (χ1) is 10.4. The summed E-state index contributed by atoms with van der Waals surface area (Å²) in [5, 5.41) is 3.44. The first kappa shape index (κ1) is 15.1. The van der Waals surface area contributed by atoms with Gasteiger partial charge in [0.25, 0.3) is 0 Å². The van der Waals surface area contributed by atoms with Gasteiger partial charge in [0.1, 0.15) is 5.76 Å². The molecule has 1 N–H and O–H groups in total. The van der Waals surface area contributed by atoms with Gasteiger partial charge in [-0.05, 0) is 57.9 Å². The molecule has 4 heteroatoms. The number of rotatable bonds is 6. The maximum atomic E-state index is 5.67. The van der Waals surface area contributed by atoms with E-state index in [-0.39, 0.29) is 0 Å². The van der Waals surface area contributed by atoms with Crippen LogP contribution in [-0.4, -0.2) is 48.6 Å². The molecule has 2 fully saturated rings. The van der Waals surface area contributed by atoms with Crippen LogP contribution in [0.3, 0.4) is 0 Å². The highest BCUT2D eigenvalue weighted by Gasteiger charge is 2.28. The lowest BCUT2D eigenvalue weighted by molar-refractivity contribution is 0.214. The van der Waals surface area contributed by atoms with Gasteiger partial charge >= 0.3 is 0 Å². The van der Waals surface area contributed by atoms with E-state index in [9.17, 15) is 0 Å². The van der Waals surface area contributed by atoms with Gasteiger partial charge in [-0.2, -0.15) is 0 Å². The molecular weight excluding hydrogens is 262 g/mol. The van der Waals surface area contributed by atoms with E-state index in [0.29, 0.717) is 0 Å². The summed E-state index contributed by atoms with van der Waals surface area (Å²) >= 11 is 0. The summed E-state index contributed by atoms with van der Waals surface area (Å²) in [5.74, 6) is 1.12. The number of nitrogens with zero attached hydrogens (tertiary/aromatic N) is 2. The van der Waals surface area contributed by atoms with Gasteiger partial charge in [0.2, 0.25) is 0 Å². The van der Waals surface area contributed by atoms with E-state index >= 15 is 0 Å². The second-order valence-corrected chi connectivity index (χ2v) is 6.47. The molecule has 1 aromatic heterocycles. The second kappa shape index (κ2) is 7.43. The molecule has 1 atom stereocenters. The third-order valence-corrected chi connectivity index (χ3v) is 4.83. The molecule has 21 heavy (non-hydrogen) atoms. The molecule has 0 radical (unpaired) electrons. The summed E-state index contributed by atoms with van der Waals surface area (Å²) in [4.78, 5) is 5.32. The van der Waals surface area contributed by atoms with Crippen molar-refractivity contribution in [3.8, 4) is 0 Å². The maximum absolute atomic E-state index is 5.67. The lowest BCUT2D eigenvalue weighted by Crippen LogP contribution is -2.36. The molecule has 0 spiro atoms. The van der Waals surface area contributed by atoms with Crippen LogP contribution in [0.1, 0.15) is 43.9 Å². The van der Waals surface area contributed by atoms with Crippen molar-refractivity contribution in [2.45, 2.75) is 51.7 Å². The smallest absolute Gasteiger partial charge is 0.122 e. The van der Waals surface area contributed by atoms with Gasteiger partial charge in [0, 0.05) is 24.7 Å². The monoisotopic (exact) mass is 291 g/mol. The molecule has 118 valence electrons. The van der Waals surface area contributed by atoms with Crippen molar-refractivity contribution >= 4 is 0 Å². The Hall–Kier alpha value is -0.840. The Labute approximate surface area is 128 Å². The van der Waals surface area contributed by atoms with E-state index in [1.807, 2.05) is 6.26 Å². The Morgan fingerprint density at radius 1 is 1.29 bits per heavy atom. The summed E-state index contributed by atoms with van der Waals surface area (Å²) in [6.45, 7) is 10.2. The number of hydrogen-bond donors (Lipinski definition) is 1. The average Bonchev–Trinajstić information content (AvgIpc) is 3.06. The molecule has 0 aliphatic carbocycles. The van der Waals surface area contributed by atoms with Crippen molar-refractivity contribution in [3.05, 3.63) is 23.7 Å². The van der Waals surface area contributed by atoms with Crippen LogP contribution in [0, 0.1) is 0 Å². The van der Waals surface area contributed by atoms with Gasteiger partial charge in [-0.1, -0.05) is 6.92 Å². The van der Waals surface area contributed by atoms with Crippen LogP contribution < -0.4 is 5.32 Å². The molecule has 2 aliphatic heterocycles. The zero-order chi connectivity index (χ0) is 14.5. The van der Waals surface area contributed by atoms with Crippen LogP contribution in [0.4, 0.5) is 0 Å². The number of nitrogens with one attached hydrogen (secondary N) is 1. The third kappa shape index (κ3) is 3.87. The molecule has 0 bridgehead atoms. The van der Waals surface area contributed by atoms with Crippen LogP contribution in [0.25, 0.3) is 0 Å². The first-order valence-electron chi connectivity index (χ1n) is 8.59. The summed E-state index contributed by atoms with van der Waals surface area (Å²) in [6, 6.07) is 2.95. The summed E-state index contributed by atoms with van der Waals surface area (Å²) in [5.41, 5.74) is 1.37. The largest absolute Gasteiger partial charge is 0.468 e. The lowest BCUT2D eigenvalue weighted by Gasteiger charge is -2.25. The standard InChI is InChI=1S/C17H29N3O/c1-2-7-18-12-17-15(6-11-21-17)13-19-8-4-10-20-9-3-5-16(20)14-19/h6,11,16,18H,2-5,7-10,12-14H2,1H3. The van der Waals surface area contributed by atoms with Gasteiger partial charge in [0.05, 0.1) is 12.8 Å². The van der Waals surface area contributed by atoms with Gasteiger partial charge in [-0.25, -0.2) is 0 Å². The highest BCUT2D eigenvalue weighted by Crippen LogP contribution is 2.23. The van der Waals surface area contributed by atoms with Gasteiger partial charge in [0.15, 0.2) is 0 Å². The predicted molar refractivity (Wildman–Crippen MR) is 85.2 cm³/mol. The summed E-state index contributed by atoms with van der Waals surface area (Å²) in [6.07, 6.45) is 7.08. The van der Waals surface area contributed by atoms with Crippen LogP contribution in [-0.2, 0) is 13.1 Å². The molecule has 2 saturated heterocycles. The van der Waals surface area contributed by atoms with Gasteiger partial charge in [-0.15, -0.1) is 0 Å².